The van der Waals surface area contributed by atoms with Gasteiger partial charge < -0.3 is 4.43 Å². The molecular weight excluding hydrogens is 212 g/mol. The van der Waals surface area contributed by atoms with Gasteiger partial charge in [-0.3, -0.25) is 0 Å². The Labute approximate surface area is 106 Å². The number of rotatable bonds is 9. The number of unbranched alkanes of at least 4 members (excludes halogenated alkanes) is 1. The van der Waals surface area contributed by atoms with E-state index in [2.05, 4.69) is 45.1 Å². The highest BCUT2D eigenvalue weighted by atomic mass is 28.2. The molecule has 0 N–H and O–H groups in total. The van der Waals surface area contributed by atoms with Crippen LogP contribution >= 0.6 is 0 Å². The molecular formula is C14H29OSi. The molecule has 95 valence electrons. The Morgan fingerprint density at radius 1 is 0.875 bits per heavy atom. The lowest BCUT2D eigenvalue weighted by molar-refractivity contribution is -0.0766. The normalized spacial score (nSPS) is 13.1. The fourth-order valence-electron chi connectivity index (χ4n) is 3.24. The third kappa shape index (κ3) is 2.89. The second-order valence-corrected chi connectivity index (χ2v) is 5.10. The Morgan fingerprint density at radius 3 is 1.62 bits per heavy atom. The molecule has 0 atom stereocenters. The second kappa shape index (κ2) is 7.49. The number of hydrogen-bond acceptors (Lipinski definition) is 1. The van der Waals surface area contributed by atoms with Crippen molar-refractivity contribution in [3.63, 3.8) is 0 Å². The Kier molecular flexibility index (Phi) is 7.58. The summed E-state index contributed by atoms with van der Waals surface area (Å²) < 4.78 is 5.79. The van der Waals surface area contributed by atoms with Gasteiger partial charge in [-0.1, -0.05) is 47.5 Å². The fraction of sp³-hybridized carbons (Fsp3) is 1.00. The standard InChI is InChI=1S/C14H29OSi/c1-6-11-12-13(7-2,8-3)14(9-4,10-5)15-16/h6-12H2,1-5H3. The zero-order valence-electron chi connectivity index (χ0n) is 11.9. The van der Waals surface area contributed by atoms with Gasteiger partial charge >= 0.3 is 0 Å². The minimum Gasteiger partial charge on any atom is -0.413 e. The van der Waals surface area contributed by atoms with Gasteiger partial charge in [0.2, 0.25) is 10.5 Å². The summed E-state index contributed by atoms with van der Waals surface area (Å²) in [5, 5.41) is 0. The fourth-order valence-corrected chi connectivity index (χ4v) is 3.75. The average molecular weight is 241 g/mol. The van der Waals surface area contributed by atoms with Gasteiger partial charge in [-0.05, 0) is 37.5 Å². The largest absolute Gasteiger partial charge is 0.413 e. The van der Waals surface area contributed by atoms with Crippen LogP contribution in [0.1, 0.15) is 79.6 Å². The molecule has 2 heteroatoms. The van der Waals surface area contributed by atoms with Crippen molar-refractivity contribution in [2.75, 3.05) is 0 Å². The summed E-state index contributed by atoms with van der Waals surface area (Å²) in [6, 6.07) is 0. The average Bonchev–Trinajstić information content (AvgIpc) is 2.35. The lowest BCUT2D eigenvalue weighted by Crippen LogP contribution is -2.49. The van der Waals surface area contributed by atoms with E-state index in [4.69, 9.17) is 4.43 Å². The second-order valence-electron chi connectivity index (χ2n) is 4.89. The third-order valence-electron chi connectivity index (χ3n) is 4.67. The van der Waals surface area contributed by atoms with Gasteiger partial charge in [-0.25, -0.2) is 0 Å². The molecule has 0 heterocycles. The van der Waals surface area contributed by atoms with Crippen LogP contribution in [-0.2, 0) is 4.43 Å². The summed E-state index contributed by atoms with van der Waals surface area (Å²) in [6.45, 7) is 11.4. The van der Waals surface area contributed by atoms with Gasteiger partial charge in [-0.2, -0.15) is 0 Å². The Bertz CT molecular complexity index is 163. The summed E-state index contributed by atoms with van der Waals surface area (Å²) in [4.78, 5) is 0. The van der Waals surface area contributed by atoms with Crippen LogP contribution in [0.5, 0.6) is 0 Å². The van der Waals surface area contributed by atoms with Crippen molar-refractivity contribution in [1.29, 1.82) is 0 Å². The molecule has 0 bridgehead atoms. The van der Waals surface area contributed by atoms with E-state index in [1.165, 1.54) is 32.1 Å². The van der Waals surface area contributed by atoms with Crippen LogP contribution in [0.3, 0.4) is 0 Å². The van der Waals surface area contributed by atoms with Crippen molar-refractivity contribution >= 4 is 10.5 Å². The molecule has 0 aromatic heterocycles. The molecule has 0 fully saturated rings. The monoisotopic (exact) mass is 241 g/mol. The summed E-state index contributed by atoms with van der Waals surface area (Å²) in [6.07, 6.45) is 8.43. The van der Waals surface area contributed by atoms with Gasteiger partial charge in [0.05, 0.1) is 5.60 Å². The Balaban J connectivity index is 5.09. The molecule has 0 rings (SSSR count). The summed E-state index contributed by atoms with van der Waals surface area (Å²) in [7, 11) is 3.35. The molecule has 0 aliphatic rings. The van der Waals surface area contributed by atoms with Gasteiger partial charge in [0.25, 0.3) is 0 Å². The van der Waals surface area contributed by atoms with Crippen LogP contribution in [0.25, 0.3) is 0 Å². The molecule has 0 aromatic carbocycles. The minimum absolute atomic E-state index is 0.00254. The molecule has 0 aromatic rings. The van der Waals surface area contributed by atoms with Crippen molar-refractivity contribution < 1.29 is 4.43 Å². The molecule has 0 spiro atoms. The van der Waals surface area contributed by atoms with E-state index in [1.54, 1.807) is 0 Å². The van der Waals surface area contributed by atoms with Crippen molar-refractivity contribution in [3.8, 4) is 0 Å². The maximum Gasteiger partial charge on any atom is 0.247 e. The van der Waals surface area contributed by atoms with E-state index in [9.17, 15) is 0 Å². The quantitative estimate of drug-likeness (QED) is 0.534. The van der Waals surface area contributed by atoms with Crippen LogP contribution in [-0.4, -0.2) is 16.1 Å². The zero-order valence-corrected chi connectivity index (χ0v) is 12.9. The first-order valence-corrected chi connectivity index (χ1v) is 7.37. The van der Waals surface area contributed by atoms with E-state index in [-0.39, 0.29) is 5.60 Å². The first-order valence-electron chi connectivity index (χ1n) is 6.96. The lowest BCUT2D eigenvalue weighted by Gasteiger charge is -2.49. The van der Waals surface area contributed by atoms with Crippen molar-refractivity contribution in [2.24, 2.45) is 5.41 Å². The smallest absolute Gasteiger partial charge is 0.247 e. The predicted octanol–water partition coefficient (Wildman–Crippen LogP) is 4.64. The van der Waals surface area contributed by atoms with Gasteiger partial charge in [0.15, 0.2) is 0 Å². The van der Waals surface area contributed by atoms with E-state index in [0.717, 1.165) is 12.8 Å². The Morgan fingerprint density at radius 2 is 1.38 bits per heavy atom. The van der Waals surface area contributed by atoms with Crippen LogP contribution in [0.15, 0.2) is 0 Å². The SMILES string of the molecule is CCCCC(CC)(CC)C(CC)(CC)O[Si]. The third-order valence-corrected chi connectivity index (χ3v) is 5.06. The molecule has 0 saturated carbocycles. The predicted molar refractivity (Wildman–Crippen MR) is 72.7 cm³/mol. The van der Waals surface area contributed by atoms with Crippen LogP contribution in [0.4, 0.5) is 0 Å². The molecule has 0 unspecified atom stereocenters. The molecule has 0 saturated heterocycles. The van der Waals surface area contributed by atoms with E-state index in [1.807, 2.05) is 0 Å². The van der Waals surface area contributed by atoms with Gasteiger partial charge in [0.1, 0.15) is 0 Å². The number of hydrogen-bond donors (Lipinski definition) is 0. The summed E-state index contributed by atoms with van der Waals surface area (Å²) in [5.41, 5.74) is 0.330. The van der Waals surface area contributed by atoms with Crippen LogP contribution < -0.4 is 0 Å². The first-order chi connectivity index (χ1) is 7.61. The van der Waals surface area contributed by atoms with Crippen molar-refractivity contribution in [3.05, 3.63) is 0 Å². The molecule has 0 aliphatic carbocycles. The summed E-state index contributed by atoms with van der Waals surface area (Å²) in [5.74, 6) is 0. The molecule has 0 amide bonds. The highest BCUT2D eigenvalue weighted by Crippen LogP contribution is 2.48. The van der Waals surface area contributed by atoms with E-state index >= 15 is 0 Å². The van der Waals surface area contributed by atoms with E-state index in [0.29, 0.717) is 5.41 Å². The highest BCUT2D eigenvalue weighted by molar-refractivity contribution is 5.98. The van der Waals surface area contributed by atoms with Gasteiger partial charge in [-0.15, -0.1) is 0 Å². The first kappa shape index (κ1) is 16.2. The summed E-state index contributed by atoms with van der Waals surface area (Å²) >= 11 is 0. The lowest BCUT2D eigenvalue weighted by atomic mass is 9.63. The van der Waals surface area contributed by atoms with Crippen molar-refractivity contribution in [2.45, 2.75) is 85.2 Å². The van der Waals surface area contributed by atoms with Crippen LogP contribution in [0, 0.1) is 5.41 Å². The van der Waals surface area contributed by atoms with E-state index < -0.39 is 0 Å². The molecule has 0 aliphatic heterocycles. The maximum atomic E-state index is 5.79. The minimum atomic E-state index is 0.00254. The highest BCUT2D eigenvalue weighted by Gasteiger charge is 2.45. The van der Waals surface area contributed by atoms with Crippen LogP contribution in [0.2, 0.25) is 0 Å². The molecule has 3 radical (unpaired) electrons. The zero-order chi connectivity index (χ0) is 12.7. The molecule has 16 heavy (non-hydrogen) atoms. The van der Waals surface area contributed by atoms with Gasteiger partial charge in [0, 0.05) is 0 Å². The molecule has 1 nitrogen and oxygen atoms in total. The topological polar surface area (TPSA) is 9.23 Å². The van der Waals surface area contributed by atoms with Crippen molar-refractivity contribution in [1.82, 2.24) is 0 Å². The Hall–Kier alpha value is 0.177. The maximum absolute atomic E-state index is 5.79.